The molecule has 1 saturated carbocycles. The molecule has 1 aliphatic heterocycles. The third-order valence-corrected chi connectivity index (χ3v) is 5.36. The number of ether oxygens (including phenoxy) is 1. The second-order valence-corrected chi connectivity index (χ2v) is 7.07. The van der Waals surface area contributed by atoms with Gasteiger partial charge in [-0.2, -0.15) is 0 Å². The summed E-state index contributed by atoms with van der Waals surface area (Å²) < 4.78 is 6.46. The molecule has 1 heterocycles. The van der Waals surface area contributed by atoms with Gasteiger partial charge in [-0.3, -0.25) is 0 Å². The first-order valence-corrected chi connectivity index (χ1v) is 8.13. The van der Waals surface area contributed by atoms with E-state index in [0.29, 0.717) is 0 Å². The van der Waals surface area contributed by atoms with Crippen LogP contribution in [0.5, 0.6) is 5.75 Å². The molecule has 2 aliphatic rings. The quantitative estimate of drug-likeness (QED) is 0.820. The van der Waals surface area contributed by atoms with Crippen molar-refractivity contribution in [2.45, 2.75) is 64.0 Å². The Morgan fingerprint density at radius 2 is 2.00 bits per heavy atom. The number of benzene rings is 1. The SMILES string of the molecule is CC(C)C1CCCC2(CC1)C[C@@H](N)c1ccccc1O2. The molecule has 2 unspecified atom stereocenters. The second kappa shape index (κ2) is 5.40. The molecule has 2 nitrogen and oxygen atoms in total. The topological polar surface area (TPSA) is 35.2 Å². The Morgan fingerprint density at radius 3 is 2.80 bits per heavy atom. The van der Waals surface area contributed by atoms with E-state index in [2.05, 4.69) is 38.1 Å². The summed E-state index contributed by atoms with van der Waals surface area (Å²) in [5.74, 6) is 2.66. The molecular weight excluding hydrogens is 246 g/mol. The first kappa shape index (κ1) is 13.9. The van der Waals surface area contributed by atoms with Crippen molar-refractivity contribution in [3.8, 4) is 5.75 Å². The predicted molar refractivity (Wildman–Crippen MR) is 82.8 cm³/mol. The molecular formula is C18H27NO. The van der Waals surface area contributed by atoms with Crippen molar-refractivity contribution in [1.82, 2.24) is 0 Å². The van der Waals surface area contributed by atoms with Crippen LogP contribution in [0.4, 0.5) is 0 Å². The molecule has 110 valence electrons. The van der Waals surface area contributed by atoms with E-state index >= 15 is 0 Å². The average molecular weight is 273 g/mol. The van der Waals surface area contributed by atoms with E-state index in [0.717, 1.165) is 36.8 Å². The molecule has 3 rings (SSSR count). The van der Waals surface area contributed by atoms with Crippen LogP contribution in [-0.4, -0.2) is 5.60 Å². The van der Waals surface area contributed by atoms with Crippen LogP contribution in [0, 0.1) is 11.8 Å². The van der Waals surface area contributed by atoms with Crippen molar-refractivity contribution in [1.29, 1.82) is 0 Å². The van der Waals surface area contributed by atoms with Gasteiger partial charge >= 0.3 is 0 Å². The molecule has 3 atom stereocenters. The lowest BCUT2D eigenvalue weighted by Crippen LogP contribution is -2.42. The first-order valence-electron chi connectivity index (χ1n) is 8.13. The fourth-order valence-electron chi connectivity index (χ4n) is 4.04. The summed E-state index contributed by atoms with van der Waals surface area (Å²) >= 11 is 0. The van der Waals surface area contributed by atoms with Crippen LogP contribution in [-0.2, 0) is 0 Å². The van der Waals surface area contributed by atoms with Crippen molar-refractivity contribution >= 4 is 0 Å². The average Bonchev–Trinajstić information content (AvgIpc) is 2.62. The highest BCUT2D eigenvalue weighted by Gasteiger charge is 2.41. The lowest BCUT2D eigenvalue weighted by molar-refractivity contribution is 0.0199. The van der Waals surface area contributed by atoms with Gasteiger partial charge in [0.2, 0.25) is 0 Å². The Morgan fingerprint density at radius 1 is 1.20 bits per heavy atom. The number of fused-ring (bicyclic) bond motifs is 1. The van der Waals surface area contributed by atoms with E-state index in [1.807, 2.05) is 0 Å². The van der Waals surface area contributed by atoms with Gasteiger partial charge in [0.05, 0.1) is 0 Å². The molecule has 0 saturated heterocycles. The highest BCUT2D eigenvalue weighted by Crippen LogP contribution is 2.46. The minimum atomic E-state index is -0.00257. The number of para-hydroxylation sites is 1. The molecule has 0 bridgehead atoms. The lowest BCUT2D eigenvalue weighted by atomic mass is 9.81. The Hall–Kier alpha value is -1.02. The maximum absolute atomic E-state index is 6.46. The molecule has 1 aromatic rings. The third-order valence-electron chi connectivity index (χ3n) is 5.36. The van der Waals surface area contributed by atoms with Crippen LogP contribution in [0.25, 0.3) is 0 Å². The number of hydrogen-bond donors (Lipinski definition) is 1. The minimum Gasteiger partial charge on any atom is -0.487 e. The molecule has 1 fully saturated rings. The van der Waals surface area contributed by atoms with E-state index in [9.17, 15) is 0 Å². The fraction of sp³-hybridized carbons (Fsp3) is 0.667. The molecule has 2 heteroatoms. The maximum Gasteiger partial charge on any atom is 0.124 e. The summed E-state index contributed by atoms with van der Waals surface area (Å²) in [7, 11) is 0. The highest BCUT2D eigenvalue weighted by molar-refractivity contribution is 5.38. The van der Waals surface area contributed by atoms with Crippen LogP contribution < -0.4 is 10.5 Å². The number of rotatable bonds is 1. The largest absolute Gasteiger partial charge is 0.487 e. The second-order valence-electron chi connectivity index (χ2n) is 7.07. The van der Waals surface area contributed by atoms with Gasteiger partial charge in [-0.25, -0.2) is 0 Å². The predicted octanol–water partition coefficient (Wildman–Crippen LogP) is 4.44. The van der Waals surface area contributed by atoms with Gasteiger partial charge in [-0.15, -0.1) is 0 Å². The Kier molecular flexibility index (Phi) is 3.76. The first-order chi connectivity index (χ1) is 9.60. The van der Waals surface area contributed by atoms with Crippen LogP contribution in [0.3, 0.4) is 0 Å². The van der Waals surface area contributed by atoms with Crippen molar-refractivity contribution in [2.75, 3.05) is 0 Å². The number of hydrogen-bond acceptors (Lipinski definition) is 2. The molecule has 0 aromatic heterocycles. The summed E-state index contributed by atoms with van der Waals surface area (Å²) in [5, 5.41) is 0. The fourth-order valence-corrected chi connectivity index (χ4v) is 4.04. The van der Waals surface area contributed by atoms with Gasteiger partial charge in [-0.05, 0) is 43.6 Å². The zero-order chi connectivity index (χ0) is 14.2. The van der Waals surface area contributed by atoms with Crippen LogP contribution in [0.2, 0.25) is 0 Å². The Labute approximate surface area is 122 Å². The molecule has 0 radical (unpaired) electrons. The zero-order valence-corrected chi connectivity index (χ0v) is 12.8. The van der Waals surface area contributed by atoms with Gasteiger partial charge in [0, 0.05) is 18.0 Å². The summed E-state index contributed by atoms with van der Waals surface area (Å²) in [5.41, 5.74) is 7.60. The van der Waals surface area contributed by atoms with Crippen molar-refractivity contribution in [3.63, 3.8) is 0 Å². The van der Waals surface area contributed by atoms with Crippen molar-refractivity contribution < 1.29 is 4.74 Å². The molecule has 1 aliphatic carbocycles. The highest BCUT2D eigenvalue weighted by atomic mass is 16.5. The molecule has 1 spiro atoms. The minimum absolute atomic E-state index is 0.00257. The van der Waals surface area contributed by atoms with Gasteiger partial charge in [0.1, 0.15) is 11.4 Å². The van der Waals surface area contributed by atoms with E-state index in [4.69, 9.17) is 10.5 Å². The van der Waals surface area contributed by atoms with Crippen LogP contribution >= 0.6 is 0 Å². The summed E-state index contributed by atoms with van der Waals surface area (Å²) in [4.78, 5) is 0. The standard InChI is InChI=1S/C18H27NO/c1-13(2)14-6-5-10-18(11-9-14)12-16(19)15-7-3-4-8-17(15)20-18/h3-4,7-8,13-14,16H,5-6,9-12,19H2,1-2H3/t14?,16-,18?/m1/s1. The Balaban J connectivity index is 1.81. The number of nitrogens with two attached hydrogens (primary N) is 1. The molecule has 20 heavy (non-hydrogen) atoms. The molecule has 0 amide bonds. The van der Waals surface area contributed by atoms with Crippen molar-refractivity contribution in [3.05, 3.63) is 29.8 Å². The smallest absolute Gasteiger partial charge is 0.124 e. The van der Waals surface area contributed by atoms with Gasteiger partial charge in [-0.1, -0.05) is 38.5 Å². The summed E-state index contributed by atoms with van der Waals surface area (Å²) in [6, 6.07) is 8.44. The van der Waals surface area contributed by atoms with E-state index in [-0.39, 0.29) is 11.6 Å². The molecule has 1 aromatic carbocycles. The van der Waals surface area contributed by atoms with Gasteiger partial charge in [0.25, 0.3) is 0 Å². The Bertz CT molecular complexity index is 470. The third kappa shape index (κ3) is 2.58. The van der Waals surface area contributed by atoms with E-state index in [1.165, 1.54) is 24.8 Å². The van der Waals surface area contributed by atoms with E-state index < -0.39 is 0 Å². The monoisotopic (exact) mass is 273 g/mol. The van der Waals surface area contributed by atoms with Crippen LogP contribution in [0.1, 0.15) is 64.0 Å². The summed E-state index contributed by atoms with van der Waals surface area (Å²) in [6.07, 6.45) is 7.22. The normalized spacial score (nSPS) is 33.6. The van der Waals surface area contributed by atoms with Crippen molar-refractivity contribution in [2.24, 2.45) is 17.6 Å². The van der Waals surface area contributed by atoms with Crippen LogP contribution in [0.15, 0.2) is 24.3 Å². The maximum atomic E-state index is 6.46. The summed E-state index contributed by atoms with van der Waals surface area (Å²) in [6.45, 7) is 4.71. The van der Waals surface area contributed by atoms with Gasteiger partial charge < -0.3 is 10.5 Å². The lowest BCUT2D eigenvalue weighted by Gasteiger charge is -2.41. The molecule has 2 N–H and O–H groups in total. The van der Waals surface area contributed by atoms with Gasteiger partial charge in [0.15, 0.2) is 0 Å². The zero-order valence-electron chi connectivity index (χ0n) is 12.8. The van der Waals surface area contributed by atoms with E-state index in [1.54, 1.807) is 0 Å².